The van der Waals surface area contributed by atoms with Crippen molar-refractivity contribution in [2.75, 3.05) is 31.6 Å². The van der Waals surface area contributed by atoms with Crippen LogP contribution in [0.15, 0.2) is 24.3 Å². The lowest BCUT2D eigenvalue weighted by molar-refractivity contribution is -0.130. The van der Waals surface area contributed by atoms with E-state index in [2.05, 4.69) is 10.6 Å². The molecule has 0 aliphatic carbocycles. The SMILES string of the molecule is O=C(NC[C@@H]1CCCO1)Nc1ccc(CCC(=O)N2CCCC2)cc1. The van der Waals surface area contributed by atoms with Gasteiger partial charge in [0.05, 0.1) is 6.10 Å². The number of hydrogen-bond donors (Lipinski definition) is 2. The fraction of sp³-hybridized carbons (Fsp3) is 0.579. The predicted octanol–water partition coefficient (Wildman–Crippen LogP) is 2.54. The minimum absolute atomic E-state index is 0.140. The van der Waals surface area contributed by atoms with Gasteiger partial charge in [0.1, 0.15) is 0 Å². The largest absolute Gasteiger partial charge is 0.376 e. The van der Waals surface area contributed by atoms with Crippen LogP contribution in [0.1, 0.15) is 37.7 Å². The van der Waals surface area contributed by atoms with Crippen molar-refractivity contribution in [2.24, 2.45) is 0 Å². The molecule has 136 valence electrons. The number of hydrogen-bond acceptors (Lipinski definition) is 3. The summed E-state index contributed by atoms with van der Waals surface area (Å²) in [6.45, 7) is 3.14. The van der Waals surface area contributed by atoms with E-state index in [4.69, 9.17) is 4.74 Å². The molecule has 3 rings (SSSR count). The molecule has 2 fully saturated rings. The van der Waals surface area contributed by atoms with Gasteiger partial charge in [0, 0.05) is 38.3 Å². The molecule has 1 aromatic rings. The Morgan fingerprint density at radius 3 is 2.56 bits per heavy atom. The Bertz CT molecular complexity index is 576. The zero-order valence-electron chi connectivity index (χ0n) is 14.6. The van der Waals surface area contributed by atoms with Gasteiger partial charge in [0.15, 0.2) is 0 Å². The lowest BCUT2D eigenvalue weighted by Crippen LogP contribution is -2.35. The minimum atomic E-state index is -0.215. The number of nitrogens with one attached hydrogen (secondary N) is 2. The third kappa shape index (κ3) is 5.46. The normalized spacial score (nSPS) is 19.8. The first-order chi connectivity index (χ1) is 12.2. The van der Waals surface area contributed by atoms with E-state index < -0.39 is 0 Å². The summed E-state index contributed by atoms with van der Waals surface area (Å²) in [6, 6.07) is 7.47. The van der Waals surface area contributed by atoms with Gasteiger partial charge in [0.25, 0.3) is 0 Å². The van der Waals surface area contributed by atoms with E-state index in [9.17, 15) is 9.59 Å². The molecule has 0 unspecified atom stereocenters. The number of likely N-dealkylation sites (tertiary alicyclic amines) is 1. The molecule has 2 heterocycles. The summed E-state index contributed by atoms with van der Waals surface area (Å²) in [5, 5.41) is 5.66. The smallest absolute Gasteiger partial charge is 0.319 e. The van der Waals surface area contributed by atoms with Crippen molar-refractivity contribution in [3.63, 3.8) is 0 Å². The Morgan fingerprint density at radius 2 is 1.88 bits per heavy atom. The average molecular weight is 345 g/mol. The number of benzene rings is 1. The second-order valence-electron chi connectivity index (χ2n) is 6.75. The third-order valence-electron chi connectivity index (χ3n) is 4.81. The number of carbonyl (C=O) groups excluding carboxylic acids is 2. The van der Waals surface area contributed by atoms with Crippen LogP contribution in [0, 0.1) is 0 Å². The van der Waals surface area contributed by atoms with Crippen molar-refractivity contribution < 1.29 is 14.3 Å². The monoisotopic (exact) mass is 345 g/mol. The van der Waals surface area contributed by atoms with Gasteiger partial charge in [-0.15, -0.1) is 0 Å². The van der Waals surface area contributed by atoms with Gasteiger partial charge < -0.3 is 20.3 Å². The van der Waals surface area contributed by atoms with E-state index >= 15 is 0 Å². The molecule has 6 heteroatoms. The molecule has 1 atom stereocenters. The fourth-order valence-electron chi connectivity index (χ4n) is 3.32. The molecule has 2 N–H and O–H groups in total. The van der Waals surface area contributed by atoms with Gasteiger partial charge >= 0.3 is 6.03 Å². The summed E-state index contributed by atoms with van der Waals surface area (Å²) >= 11 is 0. The molecule has 0 radical (unpaired) electrons. The van der Waals surface area contributed by atoms with Gasteiger partial charge in [-0.2, -0.15) is 0 Å². The highest BCUT2D eigenvalue weighted by Gasteiger charge is 2.17. The molecule has 0 spiro atoms. The van der Waals surface area contributed by atoms with Crippen LogP contribution < -0.4 is 10.6 Å². The van der Waals surface area contributed by atoms with Crippen LogP contribution in [0.3, 0.4) is 0 Å². The van der Waals surface area contributed by atoms with Crippen LogP contribution >= 0.6 is 0 Å². The highest BCUT2D eigenvalue weighted by molar-refractivity contribution is 5.89. The van der Waals surface area contributed by atoms with Crippen molar-refractivity contribution in [3.05, 3.63) is 29.8 Å². The Morgan fingerprint density at radius 1 is 1.12 bits per heavy atom. The maximum Gasteiger partial charge on any atom is 0.319 e. The highest BCUT2D eigenvalue weighted by atomic mass is 16.5. The first-order valence-corrected chi connectivity index (χ1v) is 9.24. The first-order valence-electron chi connectivity index (χ1n) is 9.24. The zero-order chi connectivity index (χ0) is 17.5. The number of amides is 3. The molecule has 0 bridgehead atoms. The maximum atomic E-state index is 12.1. The van der Waals surface area contributed by atoms with Crippen LogP contribution in [-0.2, 0) is 16.0 Å². The van der Waals surface area contributed by atoms with Crippen molar-refractivity contribution in [1.82, 2.24) is 10.2 Å². The molecular weight excluding hydrogens is 318 g/mol. The Labute approximate surface area is 148 Å². The molecule has 2 aliphatic heterocycles. The number of rotatable bonds is 6. The lowest BCUT2D eigenvalue weighted by atomic mass is 10.1. The predicted molar refractivity (Wildman–Crippen MR) is 96.6 cm³/mol. The van der Waals surface area contributed by atoms with Crippen molar-refractivity contribution in [1.29, 1.82) is 0 Å². The maximum absolute atomic E-state index is 12.1. The number of nitrogens with zero attached hydrogens (tertiary/aromatic N) is 1. The molecule has 3 amide bonds. The van der Waals surface area contributed by atoms with E-state index in [1.807, 2.05) is 29.2 Å². The second-order valence-corrected chi connectivity index (χ2v) is 6.75. The first kappa shape index (κ1) is 17.7. The standard InChI is InChI=1S/C19H27N3O3/c23-18(22-11-1-2-12-22)10-7-15-5-8-16(9-6-15)21-19(24)20-14-17-4-3-13-25-17/h5-6,8-9,17H,1-4,7,10-14H2,(H2,20,21,24)/t17-/m0/s1. The number of carbonyl (C=O) groups is 2. The summed E-state index contributed by atoms with van der Waals surface area (Å²) in [6.07, 6.45) is 5.75. The number of anilines is 1. The molecule has 25 heavy (non-hydrogen) atoms. The summed E-state index contributed by atoms with van der Waals surface area (Å²) in [7, 11) is 0. The van der Waals surface area contributed by atoms with Crippen LogP contribution in [0.2, 0.25) is 0 Å². The van der Waals surface area contributed by atoms with Crippen LogP contribution in [0.25, 0.3) is 0 Å². The van der Waals surface area contributed by atoms with Gasteiger partial charge in [-0.05, 0) is 49.8 Å². The van der Waals surface area contributed by atoms with Crippen molar-refractivity contribution in [2.45, 2.75) is 44.6 Å². The minimum Gasteiger partial charge on any atom is -0.376 e. The fourth-order valence-corrected chi connectivity index (χ4v) is 3.32. The molecule has 2 aliphatic rings. The van der Waals surface area contributed by atoms with Crippen LogP contribution in [0.5, 0.6) is 0 Å². The van der Waals surface area contributed by atoms with Gasteiger partial charge in [0.2, 0.25) is 5.91 Å². The summed E-state index contributed by atoms with van der Waals surface area (Å²) in [5.41, 5.74) is 1.86. The third-order valence-corrected chi connectivity index (χ3v) is 4.81. The van der Waals surface area contributed by atoms with Crippen molar-refractivity contribution in [3.8, 4) is 0 Å². The molecule has 2 saturated heterocycles. The number of urea groups is 1. The molecule has 6 nitrogen and oxygen atoms in total. The number of aryl methyl sites for hydroxylation is 1. The second kappa shape index (κ2) is 8.85. The quantitative estimate of drug-likeness (QED) is 0.832. The summed E-state index contributed by atoms with van der Waals surface area (Å²) < 4.78 is 5.48. The van der Waals surface area contributed by atoms with E-state index in [0.717, 1.165) is 63.1 Å². The Balaban J connectivity index is 1.38. The molecule has 0 saturated carbocycles. The van der Waals surface area contributed by atoms with E-state index in [1.165, 1.54) is 0 Å². The zero-order valence-corrected chi connectivity index (χ0v) is 14.6. The highest BCUT2D eigenvalue weighted by Crippen LogP contribution is 2.14. The average Bonchev–Trinajstić information content (AvgIpc) is 3.32. The van der Waals surface area contributed by atoms with Gasteiger partial charge in [-0.25, -0.2) is 4.79 Å². The van der Waals surface area contributed by atoms with E-state index in [0.29, 0.717) is 13.0 Å². The van der Waals surface area contributed by atoms with E-state index in [-0.39, 0.29) is 18.0 Å². The molecular formula is C19H27N3O3. The topological polar surface area (TPSA) is 70.7 Å². The van der Waals surface area contributed by atoms with Crippen LogP contribution in [0.4, 0.5) is 10.5 Å². The van der Waals surface area contributed by atoms with Crippen molar-refractivity contribution >= 4 is 17.6 Å². The van der Waals surface area contributed by atoms with Crippen LogP contribution in [-0.4, -0.2) is 49.2 Å². The number of ether oxygens (including phenoxy) is 1. The Hall–Kier alpha value is -2.08. The lowest BCUT2D eigenvalue weighted by Gasteiger charge is -2.15. The summed E-state index contributed by atoms with van der Waals surface area (Å²) in [5.74, 6) is 0.244. The van der Waals surface area contributed by atoms with Gasteiger partial charge in [-0.3, -0.25) is 4.79 Å². The molecule has 0 aromatic heterocycles. The van der Waals surface area contributed by atoms with Gasteiger partial charge in [-0.1, -0.05) is 12.1 Å². The van der Waals surface area contributed by atoms with E-state index in [1.54, 1.807) is 0 Å². The Kier molecular flexibility index (Phi) is 6.28. The molecule has 1 aromatic carbocycles. The summed E-state index contributed by atoms with van der Waals surface area (Å²) in [4.78, 5) is 25.9.